The Balaban J connectivity index is 2.49. The molecule has 2 rings (SSSR count). The van der Waals surface area contributed by atoms with Gasteiger partial charge in [-0.15, -0.1) is 0 Å². The van der Waals surface area contributed by atoms with E-state index in [-0.39, 0.29) is 0 Å². The number of hydrogen-bond acceptors (Lipinski definition) is 4. The van der Waals surface area contributed by atoms with E-state index in [0.29, 0.717) is 0 Å². The third kappa shape index (κ3) is 4.57. The van der Waals surface area contributed by atoms with Crippen LogP contribution in [-0.4, -0.2) is 26.2 Å². The van der Waals surface area contributed by atoms with Crippen LogP contribution in [0.5, 0.6) is 0 Å². The van der Waals surface area contributed by atoms with Crippen molar-refractivity contribution in [2.75, 3.05) is 14.2 Å². The van der Waals surface area contributed by atoms with E-state index in [1.165, 1.54) is 14.2 Å². The van der Waals surface area contributed by atoms with Crippen molar-refractivity contribution in [1.29, 1.82) is 0 Å². The van der Waals surface area contributed by atoms with Crippen molar-refractivity contribution in [2.24, 2.45) is 11.8 Å². The van der Waals surface area contributed by atoms with Crippen LogP contribution in [0.25, 0.3) is 5.57 Å². The van der Waals surface area contributed by atoms with Gasteiger partial charge in [0.15, 0.2) is 5.92 Å². The van der Waals surface area contributed by atoms with Gasteiger partial charge in [0.2, 0.25) is 0 Å². The maximum absolute atomic E-state index is 12.1. The van der Waals surface area contributed by atoms with E-state index in [4.69, 9.17) is 9.47 Å². The van der Waals surface area contributed by atoms with Crippen molar-refractivity contribution in [3.63, 3.8) is 0 Å². The van der Waals surface area contributed by atoms with Crippen molar-refractivity contribution >= 4 is 17.5 Å². The topological polar surface area (TPSA) is 52.6 Å². The molecule has 0 N–H and O–H groups in total. The first-order chi connectivity index (χ1) is 12.1. The second-order valence-electron chi connectivity index (χ2n) is 5.70. The Morgan fingerprint density at radius 1 is 0.800 bits per heavy atom. The number of ether oxygens (including phenoxy) is 2. The summed E-state index contributed by atoms with van der Waals surface area (Å²) in [6, 6.07) is 19.7. The molecule has 0 fully saturated rings. The summed E-state index contributed by atoms with van der Waals surface area (Å²) in [7, 11) is 2.54. The average molecular weight is 338 g/mol. The smallest absolute Gasteiger partial charge is 0.320 e. The van der Waals surface area contributed by atoms with Crippen LogP contribution in [0.2, 0.25) is 0 Å². The molecule has 0 saturated heterocycles. The van der Waals surface area contributed by atoms with Gasteiger partial charge in [-0.3, -0.25) is 9.59 Å². The summed E-state index contributed by atoms with van der Waals surface area (Å²) in [6.07, 6.45) is 1.92. The Labute approximate surface area is 148 Å². The molecule has 0 amide bonds. The lowest BCUT2D eigenvalue weighted by Gasteiger charge is -2.19. The predicted molar refractivity (Wildman–Crippen MR) is 96.6 cm³/mol. The van der Waals surface area contributed by atoms with Crippen molar-refractivity contribution in [2.45, 2.75) is 6.92 Å². The van der Waals surface area contributed by atoms with Gasteiger partial charge in [-0.1, -0.05) is 73.7 Å². The summed E-state index contributed by atoms with van der Waals surface area (Å²) in [5.41, 5.74) is 2.97. The van der Waals surface area contributed by atoms with Crippen molar-refractivity contribution in [1.82, 2.24) is 0 Å². The van der Waals surface area contributed by atoms with Gasteiger partial charge in [-0.2, -0.15) is 0 Å². The first-order valence-corrected chi connectivity index (χ1v) is 8.06. The summed E-state index contributed by atoms with van der Waals surface area (Å²) in [6.45, 7) is 1.81. The Hall–Kier alpha value is -2.88. The molecule has 0 saturated carbocycles. The summed E-state index contributed by atoms with van der Waals surface area (Å²) in [5, 5.41) is 0. The van der Waals surface area contributed by atoms with Gasteiger partial charge in [0, 0.05) is 0 Å². The molecule has 0 heterocycles. The first-order valence-electron chi connectivity index (χ1n) is 8.06. The molecule has 0 aliphatic rings. The maximum Gasteiger partial charge on any atom is 0.320 e. The maximum atomic E-state index is 12.1. The van der Waals surface area contributed by atoms with E-state index in [0.717, 1.165) is 16.7 Å². The first kappa shape index (κ1) is 18.5. The van der Waals surface area contributed by atoms with E-state index in [1.807, 2.05) is 73.7 Å². The fraction of sp³-hybridized carbons (Fsp3) is 0.238. The molecule has 1 atom stereocenters. The van der Waals surface area contributed by atoms with Crippen LogP contribution in [0.3, 0.4) is 0 Å². The van der Waals surface area contributed by atoms with E-state index in [2.05, 4.69) is 0 Å². The third-order valence-corrected chi connectivity index (χ3v) is 4.04. The number of benzene rings is 2. The van der Waals surface area contributed by atoms with Crippen LogP contribution >= 0.6 is 0 Å². The lowest BCUT2D eigenvalue weighted by Crippen LogP contribution is -2.31. The van der Waals surface area contributed by atoms with Crippen molar-refractivity contribution in [3.05, 3.63) is 77.9 Å². The van der Waals surface area contributed by atoms with Crippen molar-refractivity contribution < 1.29 is 19.1 Å². The number of hydrogen-bond donors (Lipinski definition) is 0. The Morgan fingerprint density at radius 2 is 1.20 bits per heavy atom. The monoisotopic (exact) mass is 338 g/mol. The molecule has 25 heavy (non-hydrogen) atoms. The standard InChI is InChI=1S/C21H22O4/c1-15(19(20(22)24-2)21(23)25-3)14-18(16-10-6-4-7-11-16)17-12-8-5-9-13-17/h4-15,19H,1-3H3/t15-/m0/s1. The van der Waals surface area contributed by atoms with Gasteiger partial charge < -0.3 is 9.47 Å². The highest BCUT2D eigenvalue weighted by Gasteiger charge is 2.33. The number of carbonyl (C=O) groups excluding carboxylic acids is 2. The molecule has 0 aromatic heterocycles. The largest absolute Gasteiger partial charge is 0.468 e. The molecule has 130 valence electrons. The molecule has 2 aromatic rings. The highest BCUT2D eigenvalue weighted by Crippen LogP contribution is 2.28. The van der Waals surface area contributed by atoms with Gasteiger partial charge in [0.1, 0.15) is 0 Å². The minimum Gasteiger partial charge on any atom is -0.468 e. The Bertz CT molecular complexity index is 678. The van der Waals surface area contributed by atoms with Gasteiger partial charge in [0.05, 0.1) is 14.2 Å². The summed E-state index contributed by atoms with van der Waals surface area (Å²) < 4.78 is 9.56. The van der Waals surface area contributed by atoms with Crippen molar-refractivity contribution in [3.8, 4) is 0 Å². The van der Waals surface area contributed by atoms with E-state index < -0.39 is 23.8 Å². The van der Waals surface area contributed by atoms with Crippen LogP contribution in [0.4, 0.5) is 0 Å². The van der Waals surface area contributed by atoms with Gasteiger partial charge in [-0.25, -0.2) is 0 Å². The molecular formula is C21H22O4. The minimum atomic E-state index is -1.00. The number of rotatable bonds is 6. The fourth-order valence-electron chi connectivity index (χ4n) is 2.73. The Morgan fingerprint density at radius 3 is 1.56 bits per heavy atom. The summed E-state index contributed by atoms with van der Waals surface area (Å²) in [5.74, 6) is -2.60. The molecule has 0 bridgehead atoms. The van der Waals surface area contributed by atoms with Gasteiger partial charge >= 0.3 is 11.9 Å². The molecule has 0 aliphatic heterocycles. The second-order valence-corrected chi connectivity index (χ2v) is 5.70. The number of methoxy groups -OCH3 is 2. The third-order valence-electron chi connectivity index (χ3n) is 4.04. The molecule has 0 aliphatic carbocycles. The van der Waals surface area contributed by atoms with E-state index in [1.54, 1.807) is 0 Å². The molecule has 4 heteroatoms. The highest BCUT2D eigenvalue weighted by molar-refractivity contribution is 5.96. The van der Waals surface area contributed by atoms with Crippen LogP contribution in [0.1, 0.15) is 18.1 Å². The van der Waals surface area contributed by atoms with Crippen LogP contribution in [0, 0.1) is 11.8 Å². The zero-order chi connectivity index (χ0) is 18.2. The molecule has 0 unspecified atom stereocenters. The molecule has 0 radical (unpaired) electrons. The Kier molecular flexibility index (Phi) is 6.52. The zero-order valence-electron chi connectivity index (χ0n) is 14.6. The zero-order valence-corrected chi connectivity index (χ0v) is 14.6. The van der Waals surface area contributed by atoms with Crippen LogP contribution < -0.4 is 0 Å². The summed E-state index contributed by atoms with van der Waals surface area (Å²) in [4.78, 5) is 24.1. The SMILES string of the molecule is COC(=O)C(C(=O)OC)[C@@H](C)C=C(c1ccccc1)c1ccccc1. The van der Waals surface area contributed by atoms with Crippen LogP contribution in [0.15, 0.2) is 66.7 Å². The van der Waals surface area contributed by atoms with Crippen LogP contribution in [-0.2, 0) is 19.1 Å². The normalized spacial score (nSPS) is 11.5. The number of carbonyl (C=O) groups is 2. The number of esters is 2. The molecule has 2 aromatic carbocycles. The fourth-order valence-corrected chi connectivity index (χ4v) is 2.73. The molecular weight excluding hydrogens is 316 g/mol. The van der Waals surface area contributed by atoms with Gasteiger partial charge in [-0.05, 0) is 22.6 Å². The summed E-state index contributed by atoms with van der Waals surface area (Å²) >= 11 is 0. The second kappa shape index (κ2) is 8.83. The predicted octanol–water partition coefficient (Wildman–Crippen LogP) is 3.72. The molecule has 4 nitrogen and oxygen atoms in total. The van der Waals surface area contributed by atoms with E-state index in [9.17, 15) is 9.59 Å². The minimum absolute atomic E-state index is 0.393. The lowest BCUT2D eigenvalue weighted by atomic mass is 9.88. The van der Waals surface area contributed by atoms with Gasteiger partial charge in [0.25, 0.3) is 0 Å². The lowest BCUT2D eigenvalue weighted by molar-refractivity contribution is -0.160. The van der Waals surface area contributed by atoms with E-state index >= 15 is 0 Å². The average Bonchev–Trinajstić information content (AvgIpc) is 2.67. The number of allylic oxidation sites excluding steroid dienone is 1. The quantitative estimate of drug-likeness (QED) is 0.595. The highest BCUT2D eigenvalue weighted by atomic mass is 16.5. The molecule has 0 spiro atoms.